The first-order valence-corrected chi connectivity index (χ1v) is 15.6. The normalized spacial score (nSPS) is 23.5. The topological polar surface area (TPSA) is 17.1 Å². The first kappa shape index (κ1) is 28.5. The molecule has 2 fully saturated rings. The number of Topliss-reactive ketones (excluding diaryl/α,β-unsaturated/α-hetero) is 1. The van der Waals surface area contributed by atoms with E-state index in [2.05, 4.69) is 45.9 Å². The monoisotopic (exact) mass is 480 g/mol. The largest absolute Gasteiger partial charge is 0.299 e. The molecule has 0 radical (unpaired) electrons. The van der Waals surface area contributed by atoms with E-state index in [4.69, 9.17) is 0 Å². The highest BCUT2D eigenvalue weighted by molar-refractivity contribution is 5.81. The zero-order valence-corrected chi connectivity index (χ0v) is 23.8. The van der Waals surface area contributed by atoms with Gasteiger partial charge < -0.3 is 0 Å². The second-order valence-corrected chi connectivity index (χ2v) is 12.5. The van der Waals surface area contributed by atoms with Gasteiger partial charge >= 0.3 is 0 Å². The number of rotatable bonds is 13. The van der Waals surface area contributed by atoms with Crippen molar-refractivity contribution in [3.05, 3.63) is 34.9 Å². The van der Waals surface area contributed by atoms with Crippen LogP contribution in [0.3, 0.4) is 0 Å². The Balaban J connectivity index is 1.58. The minimum absolute atomic E-state index is 0.323. The van der Waals surface area contributed by atoms with Gasteiger partial charge in [0.1, 0.15) is 5.78 Å². The number of benzene rings is 1. The molecule has 1 aromatic carbocycles. The molecular formula is C34H56O. The van der Waals surface area contributed by atoms with Crippen LogP contribution in [0.4, 0.5) is 0 Å². The zero-order chi connectivity index (χ0) is 25.0. The number of aryl methyl sites for hydroxylation is 2. The third-order valence-corrected chi connectivity index (χ3v) is 9.55. The molecule has 0 aromatic heterocycles. The minimum Gasteiger partial charge on any atom is -0.299 e. The summed E-state index contributed by atoms with van der Waals surface area (Å²) in [7, 11) is 0. The zero-order valence-electron chi connectivity index (χ0n) is 23.8. The Morgan fingerprint density at radius 1 is 0.857 bits per heavy atom. The van der Waals surface area contributed by atoms with E-state index < -0.39 is 0 Å². The number of carbonyl (C=O) groups excluding carboxylic acids is 1. The second kappa shape index (κ2) is 15.2. The van der Waals surface area contributed by atoms with E-state index >= 15 is 0 Å². The lowest BCUT2D eigenvalue weighted by atomic mass is 9.69. The van der Waals surface area contributed by atoms with Gasteiger partial charge in [0.2, 0.25) is 0 Å². The van der Waals surface area contributed by atoms with Gasteiger partial charge in [0.25, 0.3) is 0 Å². The summed E-state index contributed by atoms with van der Waals surface area (Å²) in [6.45, 7) is 9.14. The summed E-state index contributed by atoms with van der Waals surface area (Å²) in [5.41, 5.74) is 4.33. The Hall–Kier alpha value is -1.11. The Morgan fingerprint density at radius 2 is 1.57 bits per heavy atom. The van der Waals surface area contributed by atoms with Gasteiger partial charge in [-0.25, -0.2) is 0 Å². The molecule has 0 saturated heterocycles. The molecule has 0 bridgehead atoms. The van der Waals surface area contributed by atoms with Crippen molar-refractivity contribution in [3.8, 4) is 0 Å². The molecule has 1 nitrogen and oxygen atoms in total. The van der Waals surface area contributed by atoms with Gasteiger partial charge in [-0.1, -0.05) is 114 Å². The quantitative estimate of drug-likeness (QED) is 0.203. The van der Waals surface area contributed by atoms with Gasteiger partial charge in [0, 0.05) is 12.3 Å². The van der Waals surface area contributed by atoms with E-state index in [1.807, 2.05) is 0 Å². The second-order valence-electron chi connectivity index (χ2n) is 12.5. The lowest BCUT2D eigenvalue weighted by Crippen LogP contribution is -2.27. The Labute approximate surface area is 218 Å². The molecule has 0 amide bonds. The number of unbranched alkanes of at least 4 members (excludes halogenated alkanes) is 2. The molecule has 0 aliphatic heterocycles. The van der Waals surface area contributed by atoms with Crippen LogP contribution < -0.4 is 0 Å². The van der Waals surface area contributed by atoms with Crippen LogP contribution in [0.15, 0.2) is 18.2 Å². The van der Waals surface area contributed by atoms with Crippen LogP contribution in [0, 0.1) is 37.5 Å². The lowest BCUT2D eigenvalue weighted by molar-refractivity contribution is -0.124. The van der Waals surface area contributed by atoms with Crippen molar-refractivity contribution in [1.82, 2.24) is 0 Å². The van der Waals surface area contributed by atoms with Gasteiger partial charge in [-0.05, 0) is 81.6 Å². The van der Waals surface area contributed by atoms with Gasteiger partial charge in [0.15, 0.2) is 0 Å². The van der Waals surface area contributed by atoms with Crippen molar-refractivity contribution >= 4 is 5.78 Å². The predicted octanol–water partition coefficient (Wildman–Crippen LogP) is 10.5. The summed E-state index contributed by atoms with van der Waals surface area (Å²) in [6, 6.07) is 7.18. The highest BCUT2D eigenvalue weighted by atomic mass is 16.1. The summed E-state index contributed by atoms with van der Waals surface area (Å²) < 4.78 is 0. The summed E-state index contributed by atoms with van der Waals surface area (Å²) in [5, 5.41) is 0. The fourth-order valence-electron chi connectivity index (χ4n) is 7.51. The third-order valence-electron chi connectivity index (χ3n) is 9.55. The van der Waals surface area contributed by atoms with Crippen molar-refractivity contribution in [1.29, 1.82) is 0 Å². The first-order valence-electron chi connectivity index (χ1n) is 15.6. The maximum Gasteiger partial charge on any atom is 0.135 e. The molecule has 2 aliphatic carbocycles. The fraction of sp³-hybridized carbons (Fsp3) is 0.794. The van der Waals surface area contributed by atoms with E-state index in [0.717, 1.165) is 37.5 Å². The summed E-state index contributed by atoms with van der Waals surface area (Å²) >= 11 is 0. The van der Waals surface area contributed by atoms with Crippen LogP contribution in [0.1, 0.15) is 152 Å². The Bertz CT molecular complexity index is 721. The highest BCUT2D eigenvalue weighted by Gasteiger charge is 2.32. The molecule has 0 spiro atoms. The smallest absolute Gasteiger partial charge is 0.135 e. The lowest BCUT2D eigenvalue weighted by Gasteiger charge is -2.35. The van der Waals surface area contributed by atoms with E-state index in [1.165, 1.54) is 101 Å². The first-order chi connectivity index (χ1) is 17.0. The molecule has 1 heteroatoms. The number of hydrogen-bond donors (Lipinski definition) is 0. The molecule has 4 atom stereocenters. The van der Waals surface area contributed by atoms with Crippen LogP contribution in [-0.2, 0) is 4.79 Å². The number of ketones is 1. The van der Waals surface area contributed by atoms with Gasteiger partial charge in [-0.2, -0.15) is 0 Å². The molecule has 2 saturated carbocycles. The summed E-state index contributed by atoms with van der Waals surface area (Å²) in [6.07, 6.45) is 23.3. The molecule has 1 aromatic rings. The average molecular weight is 481 g/mol. The average Bonchev–Trinajstić information content (AvgIpc) is 3.12. The van der Waals surface area contributed by atoms with Crippen LogP contribution in [0.5, 0.6) is 0 Å². The standard InChI is InChI=1S/C34H56O/c1-5-7-10-18-33(32-22-26(3)21-27(4)23-32)30-16-13-17-31(25-30)34(35)20-19-28(6-2)24-29-14-11-8-9-12-15-29/h21-23,28-31,33H,5-20,24-25H2,1-4H3. The van der Waals surface area contributed by atoms with E-state index in [9.17, 15) is 4.79 Å². The molecular weight excluding hydrogens is 424 g/mol. The molecule has 2 aliphatic rings. The van der Waals surface area contributed by atoms with E-state index in [1.54, 1.807) is 5.56 Å². The molecule has 35 heavy (non-hydrogen) atoms. The number of carbonyl (C=O) groups is 1. The fourth-order valence-corrected chi connectivity index (χ4v) is 7.51. The third kappa shape index (κ3) is 9.36. The maximum atomic E-state index is 13.4. The van der Waals surface area contributed by atoms with Crippen molar-refractivity contribution in [2.24, 2.45) is 23.7 Å². The van der Waals surface area contributed by atoms with Crippen LogP contribution in [0.25, 0.3) is 0 Å². The Kier molecular flexibility index (Phi) is 12.4. The highest BCUT2D eigenvalue weighted by Crippen LogP contribution is 2.42. The minimum atomic E-state index is 0.323. The van der Waals surface area contributed by atoms with Crippen molar-refractivity contribution < 1.29 is 4.79 Å². The van der Waals surface area contributed by atoms with Gasteiger partial charge in [-0.3, -0.25) is 4.79 Å². The van der Waals surface area contributed by atoms with Crippen LogP contribution >= 0.6 is 0 Å². The van der Waals surface area contributed by atoms with Crippen LogP contribution in [-0.4, -0.2) is 5.78 Å². The van der Waals surface area contributed by atoms with Gasteiger partial charge in [-0.15, -0.1) is 0 Å². The van der Waals surface area contributed by atoms with Crippen LogP contribution in [0.2, 0.25) is 0 Å². The van der Waals surface area contributed by atoms with E-state index in [0.29, 0.717) is 23.5 Å². The summed E-state index contributed by atoms with van der Waals surface area (Å²) in [4.78, 5) is 13.4. The van der Waals surface area contributed by atoms with Crippen molar-refractivity contribution in [3.63, 3.8) is 0 Å². The van der Waals surface area contributed by atoms with Crippen molar-refractivity contribution in [2.45, 2.75) is 149 Å². The molecule has 0 heterocycles. The van der Waals surface area contributed by atoms with Gasteiger partial charge in [0.05, 0.1) is 0 Å². The molecule has 3 rings (SSSR count). The molecule has 0 N–H and O–H groups in total. The SMILES string of the molecule is CCCCCC(c1cc(C)cc(C)c1)C1CCCC(C(=O)CCC(CC)CC2CCCCCC2)C1. The van der Waals surface area contributed by atoms with E-state index in [-0.39, 0.29) is 0 Å². The predicted molar refractivity (Wildman–Crippen MR) is 152 cm³/mol. The Morgan fingerprint density at radius 3 is 2.23 bits per heavy atom. The number of hydrogen-bond acceptors (Lipinski definition) is 1. The summed E-state index contributed by atoms with van der Waals surface area (Å²) in [5.74, 6) is 3.93. The molecule has 4 unspecified atom stereocenters. The molecule has 198 valence electrons. The maximum absolute atomic E-state index is 13.4. The van der Waals surface area contributed by atoms with Crippen molar-refractivity contribution in [2.75, 3.05) is 0 Å².